The fraction of sp³-hybridized carbons (Fsp3) is 0.385. The molecule has 0 heterocycles. The standard InChI is InChI=1S/C13H16O6/c1-9(2)8-16-13(15)18-19-17-12(14)11-7-5-4-6-10(11)3/h4-7,9H,8H2,1-3H3. The van der Waals surface area contributed by atoms with E-state index in [0.29, 0.717) is 5.56 Å². The maximum absolute atomic E-state index is 11.5. The van der Waals surface area contributed by atoms with Gasteiger partial charge in [0.15, 0.2) is 0 Å². The summed E-state index contributed by atoms with van der Waals surface area (Å²) in [6, 6.07) is 6.78. The second kappa shape index (κ2) is 7.38. The van der Waals surface area contributed by atoms with E-state index in [4.69, 9.17) is 0 Å². The Kier molecular flexibility index (Phi) is 5.81. The Morgan fingerprint density at radius 2 is 1.84 bits per heavy atom. The van der Waals surface area contributed by atoms with E-state index in [0.717, 1.165) is 5.56 Å². The van der Waals surface area contributed by atoms with E-state index in [1.54, 1.807) is 31.2 Å². The summed E-state index contributed by atoms with van der Waals surface area (Å²) in [5.41, 5.74) is 1.04. The van der Waals surface area contributed by atoms with Crippen molar-refractivity contribution in [2.24, 2.45) is 5.92 Å². The number of hydrogen-bond acceptors (Lipinski definition) is 6. The number of ether oxygens (including phenoxy) is 1. The third-order valence-electron chi connectivity index (χ3n) is 2.11. The van der Waals surface area contributed by atoms with Gasteiger partial charge in [-0.1, -0.05) is 32.0 Å². The second-order valence-electron chi connectivity index (χ2n) is 4.29. The monoisotopic (exact) mass is 268 g/mol. The molecule has 0 N–H and O–H groups in total. The van der Waals surface area contributed by atoms with Gasteiger partial charge >= 0.3 is 12.1 Å². The normalized spacial score (nSPS) is 10.1. The topological polar surface area (TPSA) is 71.1 Å². The van der Waals surface area contributed by atoms with Crippen molar-refractivity contribution in [3.63, 3.8) is 0 Å². The highest BCUT2D eigenvalue weighted by Crippen LogP contribution is 2.08. The Labute approximate surface area is 111 Å². The highest BCUT2D eigenvalue weighted by Gasteiger charge is 2.13. The van der Waals surface area contributed by atoms with Crippen LogP contribution in [0.4, 0.5) is 4.79 Å². The Morgan fingerprint density at radius 3 is 2.47 bits per heavy atom. The van der Waals surface area contributed by atoms with Crippen LogP contribution in [0.2, 0.25) is 0 Å². The smallest absolute Gasteiger partial charge is 0.432 e. The predicted molar refractivity (Wildman–Crippen MR) is 65.0 cm³/mol. The minimum Gasteiger partial charge on any atom is -0.432 e. The molecule has 0 spiro atoms. The van der Waals surface area contributed by atoms with Crippen molar-refractivity contribution in [2.75, 3.05) is 6.61 Å². The molecule has 0 aliphatic rings. The van der Waals surface area contributed by atoms with Gasteiger partial charge in [-0.3, -0.25) is 4.89 Å². The maximum Gasteiger partial charge on any atom is 0.543 e. The highest BCUT2D eigenvalue weighted by atomic mass is 17.5. The van der Waals surface area contributed by atoms with Crippen molar-refractivity contribution in [3.05, 3.63) is 35.4 Å². The van der Waals surface area contributed by atoms with E-state index in [-0.39, 0.29) is 12.5 Å². The van der Waals surface area contributed by atoms with Crippen molar-refractivity contribution in [1.29, 1.82) is 0 Å². The van der Waals surface area contributed by atoms with Crippen molar-refractivity contribution in [3.8, 4) is 0 Å². The van der Waals surface area contributed by atoms with Gasteiger partial charge in [0.25, 0.3) is 0 Å². The average molecular weight is 268 g/mol. The molecule has 0 aliphatic heterocycles. The van der Waals surface area contributed by atoms with E-state index in [2.05, 4.69) is 19.6 Å². The summed E-state index contributed by atoms with van der Waals surface area (Å²) < 4.78 is 4.64. The van der Waals surface area contributed by atoms with Crippen LogP contribution in [0.1, 0.15) is 29.8 Å². The molecule has 0 radical (unpaired) electrons. The molecule has 0 atom stereocenters. The van der Waals surface area contributed by atoms with Gasteiger partial charge in [-0.25, -0.2) is 14.5 Å². The predicted octanol–water partition coefficient (Wildman–Crippen LogP) is 2.81. The van der Waals surface area contributed by atoms with Crippen molar-refractivity contribution in [2.45, 2.75) is 20.8 Å². The van der Waals surface area contributed by atoms with Gasteiger partial charge in [0, 0.05) is 0 Å². The Balaban J connectivity index is 2.32. The second-order valence-corrected chi connectivity index (χ2v) is 4.29. The Morgan fingerprint density at radius 1 is 1.16 bits per heavy atom. The number of rotatable bonds is 5. The zero-order valence-electron chi connectivity index (χ0n) is 11.0. The number of aryl methyl sites for hydroxylation is 1. The van der Waals surface area contributed by atoms with Gasteiger partial charge in [-0.15, -0.1) is 0 Å². The fourth-order valence-electron chi connectivity index (χ4n) is 1.18. The lowest BCUT2D eigenvalue weighted by Gasteiger charge is -2.06. The van der Waals surface area contributed by atoms with Crippen LogP contribution in [0, 0.1) is 12.8 Å². The summed E-state index contributed by atoms with van der Waals surface area (Å²) in [5, 5.41) is 4.07. The fourth-order valence-corrected chi connectivity index (χ4v) is 1.18. The third kappa shape index (κ3) is 5.39. The lowest BCUT2D eigenvalue weighted by molar-refractivity contribution is -0.452. The van der Waals surface area contributed by atoms with Gasteiger partial charge in [-0.05, 0) is 24.5 Å². The molecule has 0 fully saturated rings. The third-order valence-corrected chi connectivity index (χ3v) is 2.11. The molecule has 0 saturated carbocycles. The van der Waals surface area contributed by atoms with E-state index in [1.165, 1.54) is 0 Å². The van der Waals surface area contributed by atoms with E-state index in [1.807, 2.05) is 13.8 Å². The van der Waals surface area contributed by atoms with Crippen LogP contribution < -0.4 is 0 Å². The number of benzene rings is 1. The zero-order valence-corrected chi connectivity index (χ0v) is 11.0. The molecule has 0 aromatic heterocycles. The number of carbonyl (C=O) groups excluding carboxylic acids is 2. The van der Waals surface area contributed by atoms with Crippen molar-refractivity contribution < 1.29 is 29.1 Å². The van der Waals surface area contributed by atoms with Crippen molar-refractivity contribution in [1.82, 2.24) is 0 Å². The Bertz CT molecular complexity index is 441. The first-order valence-electron chi connectivity index (χ1n) is 5.78. The summed E-state index contributed by atoms with van der Waals surface area (Å²) >= 11 is 0. The first kappa shape index (κ1) is 15.0. The summed E-state index contributed by atoms with van der Waals surface area (Å²) in [5.74, 6) is -0.586. The zero-order chi connectivity index (χ0) is 14.3. The first-order valence-corrected chi connectivity index (χ1v) is 5.78. The molecule has 0 aliphatic carbocycles. The van der Waals surface area contributed by atoms with Crippen molar-refractivity contribution >= 4 is 12.1 Å². The lowest BCUT2D eigenvalue weighted by atomic mass is 10.1. The van der Waals surface area contributed by atoms with E-state index < -0.39 is 12.1 Å². The van der Waals surface area contributed by atoms with Crippen LogP contribution in [-0.4, -0.2) is 18.7 Å². The SMILES string of the molecule is Cc1ccccc1C(=O)OOOC(=O)OCC(C)C. The van der Waals surface area contributed by atoms with Crippen LogP contribution >= 0.6 is 0 Å². The molecule has 1 rings (SSSR count). The van der Waals surface area contributed by atoms with Crippen LogP contribution in [0.15, 0.2) is 24.3 Å². The van der Waals surface area contributed by atoms with Gasteiger partial charge in [0.05, 0.1) is 17.2 Å². The average Bonchev–Trinajstić information content (AvgIpc) is 2.36. The molecule has 6 nitrogen and oxygen atoms in total. The molecular formula is C13H16O6. The number of hydrogen-bond donors (Lipinski definition) is 0. The molecule has 1 aromatic rings. The molecule has 0 amide bonds. The molecule has 0 saturated heterocycles. The lowest BCUT2D eigenvalue weighted by Crippen LogP contribution is -2.14. The summed E-state index contributed by atoms with van der Waals surface area (Å²) in [7, 11) is 0. The molecular weight excluding hydrogens is 252 g/mol. The van der Waals surface area contributed by atoms with Gasteiger partial charge in [0.1, 0.15) is 0 Å². The van der Waals surface area contributed by atoms with Crippen LogP contribution in [-0.2, 0) is 19.6 Å². The summed E-state index contributed by atoms with van der Waals surface area (Å²) in [6.45, 7) is 5.67. The van der Waals surface area contributed by atoms with Crippen LogP contribution in [0.25, 0.3) is 0 Å². The van der Waals surface area contributed by atoms with E-state index in [9.17, 15) is 9.59 Å². The molecule has 104 valence electrons. The minimum absolute atomic E-state index is 0.169. The van der Waals surface area contributed by atoms with E-state index >= 15 is 0 Å². The number of carbonyl (C=O) groups is 2. The molecule has 19 heavy (non-hydrogen) atoms. The van der Waals surface area contributed by atoms with Gasteiger partial charge in [-0.2, -0.15) is 0 Å². The van der Waals surface area contributed by atoms with Gasteiger partial charge < -0.3 is 4.74 Å². The molecule has 0 bridgehead atoms. The Hall–Kier alpha value is -2.08. The summed E-state index contributed by atoms with van der Waals surface area (Å²) in [4.78, 5) is 31.0. The van der Waals surface area contributed by atoms with Crippen LogP contribution in [0.3, 0.4) is 0 Å². The van der Waals surface area contributed by atoms with Gasteiger partial charge in [0.2, 0.25) is 0 Å². The highest BCUT2D eigenvalue weighted by molar-refractivity contribution is 5.90. The first-order chi connectivity index (χ1) is 9.00. The van der Waals surface area contributed by atoms with Crippen LogP contribution in [0.5, 0.6) is 0 Å². The molecule has 6 heteroatoms. The quantitative estimate of drug-likeness (QED) is 0.464. The largest absolute Gasteiger partial charge is 0.543 e. The minimum atomic E-state index is -1.06. The summed E-state index contributed by atoms with van der Waals surface area (Å²) in [6.07, 6.45) is -1.06. The maximum atomic E-state index is 11.5. The molecule has 1 aromatic carbocycles. The molecule has 0 unspecified atom stereocenters.